The van der Waals surface area contributed by atoms with Gasteiger partial charge in [-0.2, -0.15) is 0 Å². The third-order valence-electron chi connectivity index (χ3n) is 3.33. The Bertz CT molecular complexity index is 910. The molecule has 0 saturated carbocycles. The van der Waals surface area contributed by atoms with Crippen LogP contribution in [0, 0.1) is 6.33 Å². The van der Waals surface area contributed by atoms with E-state index in [0.29, 0.717) is 0 Å². The van der Waals surface area contributed by atoms with E-state index >= 15 is 0 Å². The molecular formula is C17H10N3. The predicted molar refractivity (Wildman–Crippen MR) is 79.1 cm³/mol. The van der Waals surface area contributed by atoms with Crippen molar-refractivity contribution in [2.45, 2.75) is 0 Å². The average Bonchev–Trinajstić information content (AvgIpc) is 2.54. The Hall–Kier alpha value is -2.81. The van der Waals surface area contributed by atoms with Gasteiger partial charge in [-0.05, 0) is 18.2 Å². The number of nitrogens with zero attached hydrogens (tertiary/aromatic N) is 3. The van der Waals surface area contributed by atoms with Gasteiger partial charge in [-0.25, -0.2) is 15.0 Å². The Morgan fingerprint density at radius 3 is 2.45 bits per heavy atom. The molecule has 4 aromatic rings. The molecule has 4 rings (SSSR count). The van der Waals surface area contributed by atoms with Gasteiger partial charge in [0.1, 0.15) is 5.69 Å². The van der Waals surface area contributed by atoms with Gasteiger partial charge < -0.3 is 0 Å². The maximum Gasteiger partial charge on any atom is 0.199 e. The molecule has 0 aliphatic rings. The van der Waals surface area contributed by atoms with E-state index in [4.69, 9.17) is 0 Å². The van der Waals surface area contributed by atoms with Crippen LogP contribution in [0.15, 0.2) is 60.7 Å². The second kappa shape index (κ2) is 4.38. The first-order chi connectivity index (χ1) is 9.92. The summed E-state index contributed by atoms with van der Waals surface area (Å²) in [4.78, 5) is 13.1. The van der Waals surface area contributed by atoms with E-state index in [1.54, 1.807) is 0 Å². The van der Waals surface area contributed by atoms with Gasteiger partial charge in [-0.1, -0.05) is 42.5 Å². The molecule has 0 spiro atoms. The summed E-state index contributed by atoms with van der Waals surface area (Å²) in [6.07, 6.45) is 2.71. The van der Waals surface area contributed by atoms with Gasteiger partial charge >= 0.3 is 0 Å². The van der Waals surface area contributed by atoms with E-state index in [0.717, 1.165) is 33.2 Å². The summed E-state index contributed by atoms with van der Waals surface area (Å²) in [5.74, 6) is 0. The highest BCUT2D eigenvalue weighted by Gasteiger charge is 2.07. The predicted octanol–water partition coefficient (Wildman–Crippen LogP) is 3.65. The number of hydrogen-bond donors (Lipinski definition) is 0. The molecule has 0 bridgehead atoms. The lowest BCUT2D eigenvalue weighted by Gasteiger charge is -2.05. The Morgan fingerprint density at radius 2 is 1.50 bits per heavy atom. The smallest absolute Gasteiger partial charge is 0.199 e. The number of fused-ring (bicyclic) bond motifs is 2. The highest BCUT2D eigenvalue weighted by Crippen LogP contribution is 2.25. The zero-order valence-electron chi connectivity index (χ0n) is 10.6. The molecule has 0 aliphatic carbocycles. The van der Waals surface area contributed by atoms with Crippen LogP contribution in [0.3, 0.4) is 0 Å². The summed E-state index contributed by atoms with van der Waals surface area (Å²) < 4.78 is 0. The van der Waals surface area contributed by atoms with Crippen LogP contribution in [0.2, 0.25) is 0 Å². The SMILES string of the molecule is [c]1nc(-c2ccc3ccccc3n2)c2ccccc2n1. The fourth-order valence-corrected chi connectivity index (χ4v) is 2.35. The van der Waals surface area contributed by atoms with Gasteiger partial charge in [-0.3, -0.25) is 0 Å². The lowest BCUT2D eigenvalue weighted by molar-refractivity contribution is 1.19. The molecule has 20 heavy (non-hydrogen) atoms. The number of rotatable bonds is 1. The first kappa shape index (κ1) is 11.1. The molecule has 0 N–H and O–H groups in total. The summed E-state index contributed by atoms with van der Waals surface area (Å²) in [7, 11) is 0. The minimum absolute atomic E-state index is 0.821. The van der Waals surface area contributed by atoms with E-state index in [2.05, 4.69) is 33.4 Å². The minimum atomic E-state index is 0.821. The molecule has 0 unspecified atom stereocenters. The lowest BCUT2D eigenvalue weighted by atomic mass is 10.1. The number of aromatic nitrogens is 3. The second-order valence-electron chi connectivity index (χ2n) is 4.58. The number of para-hydroxylation sites is 2. The molecule has 0 atom stereocenters. The van der Waals surface area contributed by atoms with Gasteiger partial charge in [0, 0.05) is 10.8 Å². The molecular weight excluding hydrogens is 246 g/mol. The number of pyridine rings is 1. The summed E-state index contributed by atoms with van der Waals surface area (Å²) in [6.45, 7) is 0. The van der Waals surface area contributed by atoms with Crippen molar-refractivity contribution in [2.75, 3.05) is 0 Å². The van der Waals surface area contributed by atoms with Crippen LogP contribution in [0.5, 0.6) is 0 Å². The van der Waals surface area contributed by atoms with E-state index in [-0.39, 0.29) is 0 Å². The first-order valence-electron chi connectivity index (χ1n) is 6.41. The van der Waals surface area contributed by atoms with Crippen LogP contribution in [-0.4, -0.2) is 15.0 Å². The van der Waals surface area contributed by atoms with Crippen LogP contribution in [0.1, 0.15) is 0 Å². The van der Waals surface area contributed by atoms with Gasteiger partial charge in [0.25, 0.3) is 0 Å². The molecule has 93 valence electrons. The molecule has 0 amide bonds. The molecule has 3 heteroatoms. The van der Waals surface area contributed by atoms with Gasteiger partial charge in [0.15, 0.2) is 6.33 Å². The summed E-state index contributed by atoms with van der Waals surface area (Å²) in [5.41, 5.74) is 3.51. The summed E-state index contributed by atoms with van der Waals surface area (Å²) >= 11 is 0. The third-order valence-corrected chi connectivity index (χ3v) is 3.33. The third kappa shape index (κ3) is 1.72. The van der Waals surface area contributed by atoms with Crippen LogP contribution in [-0.2, 0) is 0 Å². The Balaban J connectivity index is 2.01. The maximum absolute atomic E-state index is 4.69. The zero-order chi connectivity index (χ0) is 13.4. The van der Waals surface area contributed by atoms with E-state index < -0.39 is 0 Å². The van der Waals surface area contributed by atoms with Crippen LogP contribution >= 0.6 is 0 Å². The molecule has 0 aliphatic heterocycles. The quantitative estimate of drug-likeness (QED) is 0.522. The van der Waals surface area contributed by atoms with Gasteiger partial charge in [-0.15, -0.1) is 0 Å². The summed E-state index contributed by atoms with van der Waals surface area (Å²) in [5, 5.41) is 2.12. The first-order valence-corrected chi connectivity index (χ1v) is 6.41. The van der Waals surface area contributed by atoms with Crippen molar-refractivity contribution in [3.05, 3.63) is 67.0 Å². The number of hydrogen-bond acceptors (Lipinski definition) is 3. The van der Waals surface area contributed by atoms with Crippen molar-refractivity contribution in [3.8, 4) is 11.4 Å². The van der Waals surface area contributed by atoms with Gasteiger partial charge in [0.05, 0.1) is 16.7 Å². The van der Waals surface area contributed by atoms with Crippen molar-refractivity contribution < 1.29 is 0 Å². The van der Waals surface area contributed by atoms with Crippen LogP contribution in [0.25, 0.3) is 33.2 Å². The normalized spacial score (nSPS) is 11.0. The van der Waals surface area contributed by atoms with Crippen molar-refractivity contribution in [3.63, 3.8) is 0 Å². The van der Waals surface area contributed by atoms with E-state index in [1.165, 1.54) is 0 Å². The molecule has 0 saturated heterocycles. The molecule has 0 fully saturated rings. The van der Waals surface area contributed by atoms with Crippen LogP contribution < -0.4 is 0 Å². The van der Waals surface area contributed by atoms with Crippen molar-refractivity contribution in [2.24, 2.45) is 0 Å². The fraction of sp³-hybridized carbons (Fsp3) is 0. The topological polar surface area (TPSA) is 38.7 Å². The van der Waals surface area contributed by atoms with Crippen molar-refractivity contribution in [1.82, 2.24) is 15.0 Å². The zero-order valence-corrected chi connectivity index (χ0v) is 10.6. The fourth-order valence-electron chi connectivity index (χ4n) is 2.35. The molecule has 2 heterocycles. The highest BCUT2D eigenvalue weighted by molar-refractivity contribution is 5.92. The maximum atomic E-state index is 4.69. The summed E-state index contributed by atoms with van der Waals surface area (Å²) in [6, 6.07) is 20.0. The van der Waals surface area contributed by atoms with E-state index in [1.807, 2.05) is 48.5 Å². The van der Waals surface area contributed by atoms with Crippen molar-refractivity contribution in [1.29, 1.82) is 0 Å². The monoisotopic (exact) mass is 256 g/mol. The second-order valence-corrected chi connectivity index (χ2v) is 4.58. The van der Waals surface area contributed by atoms with Crippen LogP contribution in [0.4, 0.5) is 0 Å². The molecule has 2 aromatic carbocycles. The Morgan fingerprint density at radius 1 is 0.700 bits per heavy atom. The van der Waals surface area contributed by atoms with Gasteiger partial charge in [0.2, 0.25) is 0 Å². The minimum Gasteiger partial charge on any atom is -0.246 e. The Kier molecular flexibility index (Phi) is 2.42. The van der Waals surface area contributed by atoms with Crippen molar-refractivity contribution >= 4 is 21.8 Å². The lowest BCUT2D eigenvalue weighted by Crippen LogP contribution is -1.92. The largest absolute Gasteiger partial charge is 0.246 e. The average molecular weight is 256 g/mol. The molecule has 1 radical (unpaired) electrons. The molecule has 3 nitrogen and oxygen atoms in total. The number of benzene rings is 2. The Labute approximate surface area is 116 Å². The highest BCUT2D eigenvalue weighted by atomic mass is 14.9. The van der Waals surface area contributed by atoms with E-state index in [9.17, 15) is 0 Å². The molecule has 2 aromatic heterocycles. The standard InChI is InChI=1S/C17H10N3/c1-3-7-14-12(5-1)9-10-16(20-14)17-13-6-2-4-8-15(13)18-11-19-17/h1-10H.